The molecule has 2 heterocycles. The number of hydrogen-bond acceptors (Lipinski definition) is 4. The Bertz CT molecular complexity index is 1220. The van der Waals surface area contributed by atoms with Crippen molar-refractivity contribution in [3.63, 3.8) is 0 Å². The lowest BCUT2D eigenvalue weighted by atomic mass is 9.77. The minimum Gasteiger partial charge on any atom is -0.497 e. The number of carbonyl (C=O) groups is 2. The van der Waals surface area contributed by atoms with Crippen molar-refractivity contribution in [3.05, 3.63) is 89.1 Å². The Morgan fingerprint density at radius 3 is 2.43 bits per heavy atom. The first-order chi connectivity index (χ1) is 17.1. The van der Waals surface area contributed by atoms with Crippen LogP contribution in [0, 0.1) is 6.92 Å². The van der Waals surface area contributed by atoms with Crippen LogP contribution in [0.25, 0.3) is 0 Å². The normalized spacial score (nSPS) is 20.3. The van der Waals surface area contributed by atoms with E-state index in [9.17, 15) is 9.59 Å². The van der Waals surface area contributed by atoms with Crippen LogP contribution in [0.3, 0.4) is 0 Å². The molecule has 5 rings (SSSR count). The molecule has 35 heavy (non-hydrogen) atoms. The van der Waals surface area contributed by atoms with Crippen LogP contribution < -0.4 is 10.1 Å². The van der Waals surface area contributed by atoms with Gasteiger partial charge in [0.1, 0.15) is 11.6 Å². The Kier molecular flexibility index (Phi) is 6.53. The van der Waals surface area contributed by atoms with Crippen LogP contribution in [0.4, 0.5) is 5.82 Å². The molecule has 2 aliphatic rings. The summed E-state index contributed by atoms with van der Waals surface area (Å²) in [4.78, 5) is 34.4. The summed E-state index contributed by atoms with van der Waals surface area (Å²) >= 11 is 0. The predicted octanol–water partition coefficient (Wildman–Crippen LogP) is 5.65. The first-order valence-corrected chi connectivity index (χ1v) is 12.4. The summed E-state index contributed by atoms with van der Waals surface area (Å²) in [6.07, 6.45) is 5.28. The second-order valence-electron chi connectivity index (χ2n) is 9.44. The van der Waals surface area contributed by atoms with Gasteiger partial charge in [-0.25, -0.2) is 4.98 Å². The van der Waals surface area contributed by atoms with Gasteiger partial charge in [-0.15, -0.1) is 0 Å². The maximum Gasteiger partial charge on any atom is 0.254 e. The highest BCUT2D eigenvalue weighted by atomic mass is 16.5. The zero-order valence-electron chi connectivity index (χ0n) is 20.2. The largest absolute Gasteiger partial charge is 0.497 e. The molecular weight excluding hydrogens is 438 g/mol. The monoisotopic (exact) mass is 469 g/mol. The third kappa shape index (κ3) is 4.53. The van der Waals surface area contributed by atoms with Gasteiger partial charge in [-0.2, -0.15) is 0 Å². The van der Waals surface area contributed by atoms with Gasteiger partial charge in [-0.1, -0.05) is 55.7 Å². The number of fused-ring (bicyclic) bond motifs is 1. The fourth-order valence-corrected chi connectivity index (χ4v) is 5.57. The molecule has 1 aromatic heterocycles. The third-order valence-electron chi connectivity index (χ3n) is 7.22. The Morgan fingerprint density at radius 1 is 0.971 bits per heavy atom. The molecule has 2 amide bonds. The number of hydrogen-bond donors (Lipinski definition) is 1. The standard InChI is InChI=1S/C29H31N3O3/c1-19-9-8-14-25(30-19)31-28(33)26-23-12-6-7-13-24(23)29(34)32(21-10-4-3-5-11-21)27(26)20-15-17-22(35-2)18-16-20/h6-9,12-18,21,26-27H,3-5,10-11H2,1-2H3,(H,30,31,33)/t26-,27+/m0/s1. The third-order valence-corrected chi connectivity index (χ3v) is 7.22. The molecule has 0 unspecified atom stereocenters. The molecule has 2 atom stereocenters. The van der Waals surface area contributed by atoms with Crippen LogP contribution in [0.5, 0.6) is 5.75 Å². The number of pyridine rings is 1. The minimum atomic E-state index is -0.568. The van der Waals surface area contributed by atoms with Crippen LogP contribution in [-0.4, -0.2) is 34.8 Å². The van der Waals surface area contributed by atoms with E-state index in [2.05, 4.69) is 10.3 Å². The van der Waals surface area contributed by atoms with E-state index in [0.29, 0.717) is 11.4 Å². The maximum atomic E-state index is 14.0. The van der Waals surface area contributed by atoms with Gasteiger partial charge < -0.3 is 15.0 Å². The van der Waals surface area contributed by atoms with E-state index < -0.39 is 12.0 Å². The molecule has 1 saturated carbocycles. The molecule has 0 saturated heterocycles. The molecule has 1 aliphatic heterocycles. The number of ether oxygens (including phenoxy) is 1. The van der Waals surface area contributed by atoms with Gasteiger partial charge in [0, 0.05) is 17.3 Å². The summed E-state index contributed by atoms with van der Waals surface area (Å²) in [5.74, 6) is 0.532. The predicted molar refractivity (Wildman–Crippen MR) is 136 cm³/mol. The Hall–Kier alpha value is -3.67. The Morgan fingerprint density at radius 2 is 1.71 bits per heavy atom. The zero-order valence-corrected chi connectivity index (χ0v) is 20.2. The van der Waals surface area contributed by atoms with E-state index in [1.54, 1.807) is 13.2 Å². The number of benzene rings is 2. The van der Waals surface area contributed by atoms with E-state index in [1.165, 1.54) is 6.42 Å². The smallest absolute Gasteiger partial charge is 0.254 e. The molecule has 2 aromatic carbocycles. The van der Waals surface area contributed by atoms with E-state index in [4.69, 9.17) is 4.74 Å². The zero-order chi connectivity index (χ0) is 24.4. The molecule has 0 spiro atoms. The van der Waals surface area contributed by atoms with Gasteiger partial charge in [-0.3, -0.25) is 9.59 Å². The summed E-state index contributed by atoms with van der Waals surface area (Å²) < 4.78 is 5.37. The molecule has 1 N–H and O–H groups in total. The van der Waals surface area contributed by atoms with Crippen LogP contribution in [0.2, 0.25) is 0 Å². The van der Waals surface area contributed by atoms with E-state index in [0.717, 1.165) is 48.3 Å². The topological polar surface area (TPSA) is 71.5 Å². The number of aromatic nitrogens is 1. The Balaban J connectivity index is 1.63. The second kappa shape index (κ2) is 9.90. The molecule has 6 heteroatoms. The van der Waals surface area contributed by atoms with Crippen molar-refractivity contribution < 1.29 is 14.3 Å². The van der Waals surface area contributed by atoms with Crippen molar-refractivity contribution in [2.75, 3.05) is 12.4 Å². The molecule has 1 fully saturated rings. The lowest BCUT2D eigenvalue weighted by molar-refractivity contribution is -0.119. The average molecular weight is 470 g/mol. The highest BCUT2D eigenvalue weighted by molar-refractivity contribution is 6.04. The SMILES string of the molecule is COc1ccc([C@@H]2[C@@H](C(=O)Nc3cccc(C)n3)c3ccccc3C(=O)N2C2CCCCC2)cc1. The molecule has 0 bridgehead atoms. The molecule has 1 aliphatic carbocycles. The summed E-state index contributed by atoms with van der Waals surface area (Å²) in [5, 5.41) is 3.04. The summed E-state index contributed by atoms with van der Waals surface area (Å²) in [7, 11) is 1.63. The number of methoxy groups -OCH3 is 1. The minimum absolute atomic E-state index is 0.00560. The highest BCUT2D eigenvalue weighted by Crippen LogP contribution is 2.46. The number of nitrogens with one attached hydrogen (secondary N) is 1. The van der Waals surface area contributed by atoms with Crippen molar-refractivity contribution >= 4 is 17.6 Å². The van der Waals surface area contributed by atoms with E-state index in [1.807, 2.05) is 72.5 Å². The average Bonchev–Trinajstić information content (AvgIpc) is 2.89. The lowest BCUT2D eigenvalue weighted by Crippen LogP contribution is -2.51. The van der Waals surface area contributed by atoms with Gasteiger partial charge in [0.05, 0.1) is 19.1 Å². The summed E-state index contributed by atoms with van der Waals surface area (Å²) in [5.41, 5.74) is 3.13. The summed E-state index contributed by atoms with van der Waals surface area (Å²) in [6.45, 7) is 1.90. The van der Waals surface area contributed by atoms with Crippen molar-refractivity contribution in [3.8, 4) is 5.75 Å². The number of carbonyl (C=O) groups excluding carboxylic acids is 2. The number of nitrogens with zero attached hydrogens (tertiary/aromatic N) is 2. The maximum absolute atomic E-state index is 14.0. The van der Waals surface area contributed by atoms with Gasteiger partial charge in [-0.05, 0) is 61.2 Å². The van der Waals surface area contributed by atoms with E-state index >= 15 is 0 Å². The second-order valence-corrected chi connectivity index (χ2v) is 9.44. The fourth-order valence-electron chi connectivity index (χ4n) is 5.57. The molecular formula is C29H31N3O3. The van der Waals surface area contributed by atoms with Crippen LogP contribution in [-0.2, 0) is 4.79 Å². The van der Waals surface area contributed by atoms with Crippen LogP contribution >= 0.6 is 0 Å². The molecule has 180 valence electrons. The van der Waals surface area contributed by atoms with Crippen LogP contribution in [0.15, 0.2) is 66.7 Å². The van der Waals surface area contributed by atoms with Crippen molar-refractivity contribution in [2.24, 2.45) is 0 Å². The molecule has 6 nitrogen and oxygen atoms in total. The van der Waals surface area contributed by atoms with E-state index in [-0.39, 0.29) is 17.9 Å². The van der Waals surface area contributed by atoms with Gasteiger partial charge in [0.2, 0.25) is 5.91 Å². The molecule has 3 aromatic rings. The quantitative estimate of drug-likeness (QED) is 0.524. The number of aryl methyl sites for hydroxylation is 1. The van der Waals surface area contributed by atoms with Gasteiger partial charge in [0.15, 0.2) is 0 Å². The Labute approximate surface area is 206 Å². The number of amides is 2. The number of rotatable bonds is 5. The molecule has 0 radical (unpaired) electrons. The first-order valence-electron chi connectivity index (χ1n) is 12.4. The van der Waals surface area contributed by atoms with Crippen LogP contribution in [0.1, 0.15) is 71.2 Å². The van der Waals surface area contributed by atoms with Crippen molar-refractivity contribution in [2.45, 2.75) is 57.0 Å². The fraction of sp³-hybridized carbons (Fsp3) is 0.345. The first kappa shape index (κ1) is 23.1. The highest BCUT2D eigenvalue weighted by Gasteiger charge is 2.46. The number of anilines is 1. The van der Waals surface area contributed by atoms with Crippen molar-refractivity contribution in [1.82, 2.24) is 9.88 Å². The summed E-state index contributed by atoms with van der Waals surface area (Å²) in [6, 6.07) is 20.6. The van der Waals surface area contributed by atoms with Crippen molar-refractivity contribution in [1.29, 1.82) is 0 Å². The van der Waals surface area contributed by atoms with Gasteiger partial charge in [0.25, 0.3) is 5.91 Å². The lowest BCUT2D eigenvalue weighted by Gasteiger charge is -2.46. The van der Waals surface area contributed by atoms with Gasteiger partial charge >= 0.3 is 0 Å².